The van der Waals surface area contributed by atoms with Crippen LogP contribution < -0.4 is 0 Å². The number of rotatable bonds is 2. The van der Waals surface area contributed by atoms with Gasteiger partial charge in [0.05, 0.1) is 17.2 Å². The van der Waals surface area contributed by atoms with E-state index in [0.717, 1.165) is 21.9 Å². The second kappa shape index (κ2) is 3.99. The molecular formula is C14H8N4O2. The lowest BCUT2D eigenvalue weighted by molar-refractivity contribution is 0.102. The first-order valence-corrected chi connectivity index (χ1v) is 6.01. The van der Waals surface area contributed by atoms with E-state index in [1.807, 2.05) is 24.3 Å². The monoisotopic (exact) mass is 264 g/mol. The number of aromatic nitrogens is 4. The fourth-order valence-corrected chi connectivity index (χ4v) is 2.16. The number of hydrogen-bond donors (Lipinski definition) is 1. The van der Waals surface area contributed by atoms with Gasteiger partial charge in [0.1, 0.15) is 11.8 Å². The molecule has 1 aromatic carbocycles. The Hall–Kier alpha value is -3.02. The highest BCUT2D eigenvalue weighted by Gasteiger charge is 2.17. The minimum absolute atomic E-state index is 0.223. The number of carbonyl (C=O) groups is 1. The molecule has 0 aliphatic carbocycles. The van der Waals surface area contributed by atoms with Crippen LogP contribution in [0.2, 0.25) is 0 Å². The molecule has 20 heavy (non-hydrogen) atoms. The third-order valence-corrected chi connectivity index (χ3v) is 3.11. The average molecular weight is 264 g/mol. The van der Waals surface area contributed by atoms with E-state index >= 15 is 0 Å². The second-order valence-corrected chi connectivity index (χ2v) is 4.34. The second-order valence-electron chi connectivity index (χ2n) is 4.34. The van der Waals surface area contributed by atoms with Gasteiger partial charge in [0.15, 0.2) is 11.5 Å². The van der Waals surface area contributed by atoms with Gasteiger partial charge in [0.2, 0.25) is 5.78 Å². The zero-order valence-corrected chi connectivity index (χ0v) is 10.2. The van der Waals surface area contributed by atoms with Crippen molar-refractivity contribution < 1.29 is 9.32 Å². The van der Waals surface area contributed by atoms with Gasteiger partial charge in [0.25, 0.3) is 0 Å². The van der Waals surface area contributed by atoms with Crippen LogP contribution in [0.4, 0.5) is 0 Å². The van der Waals surface area contributed by atoms with Crippen LogP contribution in [-0.2, 0) is 0 Å². The van der Waals surface area contributed by atoms with Crippen LogP contribution in [0.1, 0.15) is 16.3 Å². The van der Waals surface area contributed by atoms with Gasteiger partial charge in [-0.1, -0.05) is 23.4 Å². The third kappa shape index (κ3) is 1.51. The summed E-state index contributed by atoms with van der Waals surface area (Å²) in [6.45, 7) is 0. The maximum atomic E-state index is 12.2. The van der Waals surface area contributed by atoms with Gasteiger partial charge in [-0.3, -0.25) is 9.78 Å². The van der Waals surface area contributed by atoms with E-state index in [9.17, 15) is 4.79 Å². The molecule has 6 nitrogen and oxygen atoms in total. The summed E-state index contributed by atoms with van der Waals surface area (Å²) in [6.07, 6.45) is 3.02. The number of fused-ring (bicyclic) bond motifs is 3. The first-order valence-electron chi connectivity index (χ1n) is 6.01. The van der Waals surface area contributed by atoms with Gasteiger partial charge in [-0.25, -0.2) is 4.98 Å². The number of nitrogens with zero attached hydrogens (tertiary/aromatic N) is 3. The quantitative estimate of drug-likeness (QED) is 0.562. The SMILES string of the molecule is O=C(c1ccon1)c1nc2c(cnc3ccccc32)[nH]1. The highest BCUT2D eigenvalue weighted by Crippen LogP contribution is 2.21. The average Bonchev–Trinajstić information content (AvgIpc) is 3.15. The Morgan fingerprint density at radius 2 is 2.10 bits per heavy atom. The molecule has 0 radical (unpaired) electrons. The van der Waals surface area contributed by atoms with E-state index in [1.54, 1.807) is 6.20 Å². The van der Waals surface area contributed by atoms with Crippen LogP contribution in [0.3, 0.4) is 0 Å². The largest absolute Gasteiger partial charge is 0.364 e. The summed E-state index contributed by atoms with van der Waals surface area (Å²) in [5.74, 6) is -0.0777. The van der Waals surface area contributed by atoms with Crippen LogP contribution in [0.25, 0.3) is 21.9 Å². The van der Waals surface area contributed by atoms with Crippen LogP contribution in [0.15, 0.2) is 47.3 Å². The number of imidazole rings is 1. The molecule has 3 aromatic heterocycles. The van der Waals surface area contributed by atoms with Gasteiger partial charge in [-0.05, 0) is 6.07 Å². The predicted octanol–water partition coefficient (Wildman–Crippen LogP) is 2.33. The third-order valence-electron chi connectivity index (χ3n) is 3.11. The van der Waals surface area contributed by atoms with Crippen molar-refractivity contribution in [2.45, 2.75) is 0 Å². The fourth-order valence-electron chi connectivity index (χ4n) is 2.16. The number of nitrogens with one attached hydrogen (secondary N) is 1. The fraction of sp³-hybridized carbons (Fsp3) is 0. The van der Waals surface area contributed by atoms with Gasteiger partial charge in [0, 0.05) is 11.5 Å². The molecule has 96 valence electrons. The molecule has 0 atom stereocenters. The predicted molar refractivity (Wildman–Crippen MR) is 71.3 cm³/mol. The van der Waals surface area contributed by atoms with Crippen LogP contribution in [0, 0.1) is 0 Å². The molecule has 0 amide bonds. The van der Waals surface area contributed by atoms with E-state index in [2.05, 4.69) is 24.6 Å². The molecule has 4 aromatic rings. The minimum atomic E-state index is -0.306. The van der Waals surface area contributed by atoms with Crippen molar-refractivity contribution in [2.24, 2.45) is 0 Å². The lowest BCUT2D eigenvalue weighted by Gasteiger charge is -1.95. The van der Waals surface area contributed by atoms with Gasteiger partial charge in [-0.2, -0.15) is 0 Å². The van der Waals surface area contributed by atoms with Gasteiger partial charge >= 0.3 is 0 Å². The Kier molecular flexibility index (Phi) is 2.17. The van der Waals surface area contributed by atoms with Crippen LogP contribution >= 0.6 is 0 Å². The molecule has 0 aliphatic rings. The molecule has 0 saturated heterocycles. The van der Waals surface area contributed by atoms with Crippen molar-refractivity contribution in [2.75, 3.05) is 0 Å². The number of carbonyl (C=O) groups excluding carboxylic acids is 1. The van der Waals surface area contributed by atoms with Crippen molar-refractivity contribution in [1.29, 1.82) is 0 Å². The Morgan fingerprint density at radius 3 is 2.95 bits per heavy atom. The van der Waals surface area contributed by atoms with Crippen molar-refractivity contribution in [3.63, 3.8) is 0 Å². The number of benzene rings is 1. The lowest BCUT2D eigenvalue weighted by atomic mass is 10.2. The van der Waals surface area contributed by atoms with Gasteiger partial charge < -0.3 is 9.51 Å². The Morgan fingerprint density at radius 1 is 1.20 bits per heavy atom. The van der Waals surface area contributed by atoms with E-state index in [0.29, 0.717) is 0 Å². The molecule has 0 spiro atoms. The van der Waals surface area contributed by atoms with Crippen molar-refractivity contribution in [3.05, 3.63) is 54.3 Å². The molecule has 1 N–H and O–H groups in total. The zero-order chi connectivity index (χ0) is 13.5. The lowest BCUT2D eigenvalue weighted by Crippen LogP contribution is -2.03. The smallest absolute Gasteiger partial charge is 0.250 e. The number of para-hydroxylation sites is 1. The van der Waals surface area contributed by atoms with Crippen LogP contribution in [-0.4, -0.2) is 25.9 Å². The van der Waals surface area contributed by atoms with Crippen LogP contribution in [0.5, 0.6) is 0 Å². The van der Waals surface area contributed by atoms with Gasteiger partial charge in [-0.15, -0.1) is 0 Å². The molecule has 4 rings (SSSR count). The Bertz CT molecular complexity index is 925. The highest BCUT2D eigenvalue weighted by molar-refractivity contribution is 6.09. The molecule has 3 heterocycles. The summed E-state index contributed by atoms with van der Waals surface area (Å²) in [5, 5.41) is 4.53. The summed E-state index contributed by atoms with van der Waals surface area (Å²) < 4.78 is 4.68. The standard InChI is InChI=1S/C14H8N4O2/c19-13(10-5-6-20-18-10)14-16-11-7-15-9-4-2-1-3-8(9)12(11)17-14/h1-7H,(H,16,17). The summed E-state index contributed by atoms with van der Waals surface area (Å²) in [4.78, 5) is 23.8. The normalized spacial score (nSPS) is 11.2. The Balaban J connectivity index is 1.95. The van der Waals surface area contributed by atoms with E-state index in [1.165, 1.54) is 12.3 Å². The molecule has 0 bridgehead atoms. The number of ketones is 1. The molecule has 6 heteroatoms. The molecule has 0 unspecified atom stereocenters. The van der Waals surface area contributed by atoms with Crippen molar-refractivity contribution in [1.82, 2.24) is 20.1 Å². The zero-order valence-electron chi connectivity index (χ0n) is 10.2. The summed E-state index contributed by atoms with van der Waals surface area (Å²) in [5.41, 5.74) is 2.51. The summed E-state index contributed by atoms with van der Waals surface area (Å²) >= 11 is 0. The molecule has 0 aliphatic heterocycles. The number of pyridine rings is 1. The molecular weight excluding hydrogens is 256 g/mol. The van der Waals surface area contributed by atoms with E-state index < -0.39 is 0 Å². The minimum Gasteiger partial charge on any atom is -0.364 e. The number of H-pyrrole nitrogens is 1. The number of hydrogen-bond acceptors (Lipinski definition) is 5. The Labute approximate surface area is 112 Å². The summed E-state index contributed by atoms with van der Waals surface area (Å²) in [6, 6.07) is 9.16. The summed E-state index contributed by atoms with van der Waals surface area (Å²) in [7, 11) is 0. The first-order chi connectivity index (χ1) is 9.83. The van der Waals surface area contributed by atoms with E-state index in [4.69, 9.17) is 0 Å². The van der Waals surface area contributed by atoms with Crippen molar-refractivity contribution >= 4 is 27.7 Å². The first kappa shape index (κ1) is 10.9. The molecule has 0 fully saturated rings. The maximum absolute atomic E-state index is 12.2. The van der Waals surface area contributed by atoms with E-state index in [-0.39, 0.29) is 17.3 Å². The highest BCUT2D eigenvalue weighted by atomic mass is 16.5. The van der Waals surface area contributed by atoms with Crippen molar-refractivity contribution in [3.8, 4) is 0 Å². The number of aromatic amines is 1. The topological polar surface area (TPSA) is 84.7 Å². The molecule has 0 saturated carbocycles. The maximum Gasteiger partial charge on any atom is 0.250 e.